The highest BCUT2D eigenvalue weighted by atomic mass is 35.5. The Hall–Kier alpha value is -1.34. The van der Waals surface area contributed by atoms with E-state index in [1.165, 1.54) is 11.3 Å². The van der Waals surface area contributed by atoms with Gasteiger partial charge in [0, 0.05) is 12.6 Å². The normalized spacial score (nSPS) is 11.6. The van der Waals surface area contributed by atoms with Crippen molar-refractivity contribution in [2.75, 3.05) is 5.32 Å². The maximum absolute atomic E-state index is 12.6. The summed E-state index contributed by atoms with van der Waals surface area (Å²) in [7, 11) is 0. The minimum atomic E-state index is -4.54. The van der Waals surface area contributed by atoms with Gasteiger partial charge in [-0.1, -0.05) is 0 Å². The summed E-state index contributed by atoms with van der Waals surface area (Å²) in [5.41, 5.74) is 1.03. The van der Waals surface area contributed by atoms with Crippen LogP contribution < -0.4 is 5.32 Å². The molecule has 0 aliphatic carbocycles. The molecular weight excluding hydrogens is 299 g/mol. The minimum absolute atomic E-state index is 0.0536. The molecule has 0 atom stereocenters. The fraction of sp³-hybridized carbons (Fsp3) is 0.273. The zero-order valence-corrected chi connectivity index (χ0v) is 11.3. The van der Waals surface area contributed by atoms with Gasteiger partial charge in [0.2, 0.25) is 5.28 Å². The predicted molar refractivity (Wildman–Crippen MR) is 68.4 cm³/mol. The number of halogens is 4. The number of alkyl halides is 3. The maximum atomic E-state index is 12.6. The molecule has 2 rings (SSSR count). The molecule has 0 spiro atoms. The van der Waals surface area contributed by atoms with E-state index in [2.05, 4.69) is 15.3 Å². The van der Waals surface area contributed by atoms with Crippen LogP contribution in [0, 0.1) is 6.92 Å². The van der Waals surface area contributed by atoms with Gasteiger partial charge in [-0.3, -0.25) is 0 Å². The third-order valence-corrected chi connectivity index (χ3v) is 3.49. The number of aryl methyl sites for hydroxylation is 1. The van der Waals surface area contributed by atoms with Gasteiger partial charge in [0.25, 0.3) is 0 Å². The summed E-state index contributed by atoms with van der Waals surface area (Å²) in [6.45, 7) is 2.32. The molecule has 2 aromatic heterocycles. The molecule has 19 heavy (non-hydrogen) atoms. The largest absolute Gasteiger partial charge is 0.433 e. The van der Waals surface area contributed by atoms with Crippen LogP contribution in [-0.2, 0) is 12.7 Å². The van der Waals surface area contributed by atoms with Crippen LogP contribution in [0.5, 0.6) is 0 Å². The second-order valence-electron chi connectivity index (χ2n) is 3.84. The molecule has 0 saturated heterocycles. The Morgan fingerprint density at radius 3 is 2.63 bits per heavy atom. The van der Waals surface area contributed by atoms with E-state index in [0.717, 1.165) is 17.2 Å². The molecule has 0 aromatic carbocycles. The summed E-state index contributed by atoms with van der Waals surface area (Å²) in [5.74, 6) is 0.0536. The van der Waals surface area contributed by atoms with Crippen LogP contribution in [-0.4, -0.2) is 9.97 Å². The number of nitrogens with one attached hydrogen (secondary N) is 1. The van der Waals surface area contributed by atoms with Crippen molar-refractivity contribution in [2.24, 2.45) is 0 Å². The molecule has 0 aliphatic heterocycles. The molecule has 2 aromatic rings. The number of hydrogen-bond acceptors (Lipinski definition) is 4. The molecule has 8 heteroatoms. The lowest BCUT2D eigenvalue weighted by molar-refractivity contribution is -0.141. The number of nitrogens with zero attached hydrogens (tertiary/aromatic N) is 2. The molecule has 0 aliphatic rings. The SMILES string of the molecule is Cc1cscc1CNc1cc(C(F)(F)F)nc(Cl)n1. The number of rotatable bonds is 3. The molecule has 0 amide bonds. The van der Waals surface area contributed by atoms with Gasteiger partial charge in [-0.2, -0.15) is 24.5 Å². The second kappa shape index (κ2) is 5.34. The Balaban J connectivity index is 2.17. The molecule has 2 heterocycles. The van der Waals surface area contributed by atoms with Gasteiger partial charge in [-0.25, -0.2) is 9.97 Å². The summed E-state index contributed by atoms with van der Waals surface area (Å²) in [4.78, 5) is 6.88. The first kappa shape index (κ1) is 14.1. The second-order valence-corrected chi connectivity index (χ2v) is 4.92. The Labute approximate surface area is 116 Å². The molecule has 0 fully saturated rings. The molecule has 3 nitrogen and oxygen atoms in total. The predicted octanol–water partition coefficient (Wildman–Crippen LogP) is 4.13. The summed E-state index contributed by atoms with van der Waals surface area (Å²) in [6.07, 6.45) is -4.54. The monoisotopic (exact) mass is 307 g/mol. The number of aromatic nitrogens is 2. The average Bonchev–Trinajstić information content (AvgIpc) is 2.70. The smallest absolute Gasteiger partial charge is 0.366 e. The van der Waals surface area contributed by atoms with E-state index in [0.29, 0.717) is 6.54 Å². The highest BCUT2D eigenvalue weighted by Gasteiger charge is 2.33. The van der Waals surface area contributed by atoms with Crippen molar-refractivity contribution in [3.8, 4) is 0 Å². The summed E-state index contributed by atoms with van der Waals surface area (Å²) >= 11 is 7.02. The van der Waals surface area contributed by atoms with Crippen molar-refractivity contribution in [1.29, 1.82) is 0 Å². The quantitative estimate of drug-likeness (QED) is 0.866. The van der Waals surface area contributed by atoms with Crippen LogP contribution in [0.15, 0.2) is 16.8 Å². The van der Waals surface area contributed by atoms with E-state index >= 15 is 0 Å². The van der Waals surface area contributed by atoms with Gasteiger partial charge in [0.15, 0.2) is 5.69 Å². The van der Waals surface area contributed by atoms with Gasteiger partial charge in [-0.05, 0) is 40.4 Å². The Morgan fingerprint density at radius 2 is 2.05 bits per heavy atom. The van der Waals surface area contributed by atoms with E-state index in [-0.39, 0.29) is 5.82 Å². The highest BCUT2D eigenvalue weighted by molar-refractivity contribution is 7.08. The Morgan fingerprint density at radius 1 is 1.32 bits per heavy atom. The Bertz CT molecular complexity index is 583. The summed E-state index contributed by atoms with van der Waals surface area (Å²) < 4.78 is 37.7. The third-order valence-electron chi connectivity index (χ3n) is 2.41. The first-order valence-electron chi connectivity index (χ1n) is 5.23. The first-order valence-corrected chi connectivity index (χ1v) is 6.55. The van der Waals surface area contributed by atoms with E-state index in [1.807, 2.05) is 17.7 Å². The van der Waals surface area contributed by atoms with Crippen molar-refractivity contribution in [2.45, 2.75) is 19.6 Å². The molecular formula is C11H9ClF3N3S. The van der Waals surface area contributed by atoms with Gasteiger partial charge in [0.1, 0.15) is 5.82 Å². The molecule has 0 unspecified atom stereocenters. The lowest BCUT2D eigenvalue weighted by Gasteiger charge is -2.09. The van der Waals surface area contributed by atoms with E-state index in [4.69, 9.17) is 11.6 Å². The lowest BCUT2D eigenvalue weighted by atomic mass is 10.2. The average molecular weight is 308 g/mol. The van der Waals surface area contributed by atoms with Crippen LogP contribution in [0.1, 0.15) is 16.8 Å². The van der Waals surface area contributed by atoms with Gasteiger partial charge in [-0.15, -0.1) is 0 Å². The fourth-order valence-electron chi connectivity index (χ4n) is 1.41. The van der Waals surface area contributed by atoms with E-state index < -0.39 is 17.2 Å². The summed E-state index contributed by atoms with van der Waals surface area (Å²) in [5, 5.41) is 6.27. The highest BCUT2D eigenvalue weighted by Crippen LogP contribution is 2.29. The fourth-order valence-corrected chi connectivity index (χ4v) is 2.45. The number of anilines is 1. The van der Waals surface area contributed by atoms with Gasteiger partial charge >= 0.3 is 6.18 Å². The van der Waals surface area contributed by atoms with Crippen molar-refractivity contribution in [1.82, 2.24) is 9.97 Å². The molecule has 102 valence electrons. The van der Waals surface area contributed by atoms with Gasteiger partial charge in [0.05, 0.1) is 0 Å². The number of hydrogen-bond donors (Lipinski definition) is 1. The van der Waals surface area contributed by atoms with Crippen LogP contribution in [0.3, 0.4) is 0 Å². The molecule has 0 bridgehead atoms. The Kier molecular flexibility index (Phi) is 3.96. The van der Waals surface area contributed by atoms with Gasteiger partial charge < -0.3 is 5.32 Å². The first-order chi connectivity index (χ1) is 8.86. The van der Waals surface area contributed by atoms with Crippen molar-refractivity contribution < 1.29 is 13.2 Å². The summed E-state index contributed by atoms with van der Waals surface area (Å²) in [6, 6.07) is 0.841. The van der Waals surface area contributed by atoms with Crippen molar-refractivity contribution >= 4 is 28.8 Å². The zero-order valence-electron chi connectivity index (χ0n) is 9.75. The number of thiophene rings is 1. The van der Waals surface area contributed by atoms with Crippen LogP contribution in [0.4, 0.5) is 19.0 Å². The zero-order chi connectivity index (χ0) is 14.0. The third kappa shape index (κ3) is 3.57. The topological polar surface area (TPSA) is 37.8 Å². The van der Waals surface area contributed by atoms with Crippen molar-refractivity contribution in [3.05, 3.63) is 38.9 Å². The molecule has 0 radical (unpaired) electrons. The van der Waals surface area contributed by atoms with Crippen LogP contribution in [0.25, 0.3) is 0 Å². The standard InChI is InChI=1S/C11H9ClF3N3S/c1-6-4-19-5-7(6)3-16-9-2-8(11(13,14)15)17-10(12)18-9/h2,4-5H,3H2,1H3,(H,16,17,18). The van der Waals surface area contributed by atoms with Crippen molar-refractivity contribution in [3.63, 3.8) is 0 Å². The van der Waals surface area contributed by atoms with E-state index in [1.54, 1.807) is 0 Å². The van der Waals surface area contributed by atoms with Crippen LogP contribution in [0.2, 0.25) is 5.28 Å². The van der Waals surface area contributed by atoms with Crippen LogP contribution >= 0.6 is 22.9 Å². The lowest BCUT2D eigenvalue weighted by Crippen LogP contribution is -2.11. The molecule has 1 N–H and O–H groups in total. The maximum Gasteiger partial charge on any atom is 0.433 e. The van der Waals surface area contributed by atoms with E-state index in [9.17, 15) is 13.2 Å². The minimum Gasteiger partial charge on any atom is -0.366 e. The molecule has 0 saturated carbocycles.